The molecule has 2 aromatic carbocycles. The summed E-state index contributed by atoms with van der Waals surface area (Å²) in [5, 5.41) is 0. The Hall–Kier alpha value is -0.850. The van der Waals surface area contributed by atoms with E-state index in [2.05, 4.69) is 52.8 Å². The lowest BCUT2D eigenvalue weighted by Crippen LogP contribution is -1.93. The highest BCUT2D eigenvalue weighted by molar-refractivity contribution is 9.11. The van der Waals surface area contributed by atoms with Gasteiger partial charge in [-0.1, -0.05) is 53.9 Å². The van der Waals surface area contributed by atoms with Crippen LogP contribution in [0, 0.1) is 0 Å². The van der Waals surface area contributed by atoms with Gasteiger partial charge in [0.2, 0.25) is 0 Å². The van der Waals surface area contributed by atoms with E-state index >= 15 is 0 Å². The summed E-state index contributed by atoms with van der Waals surface area (Å²) in [4.78, 5) is 13.8. The summed E-state index contributed by atoms with van der Waals surface area (Å²) in [5.74, 6) is -0.437. The lowest BCUT2D eigenvalue weighted by atomic mass is 10.0. The van der Waals surface area contributed by atoms with E-state index in [1.165, 1.54) is 0 Å². The van der Waals surface area contributed by atoms with Crippen LogP contribution in [0.2, 0.25) is 0 Å². The molecule has 0 aliphatic carbocycles. The minimum atomic E-state index is -0.437. The largest absolute Gasteiger partial charge is 0.417 e. The molecule has 1 unspecified atom stereocenters. The molecule has 1 N–H and O–H groups in total. The molecule has 0 amide bonds. The molecule has 0 aliphatic heterocycles. The van der Waals surface area contributed by atoms with Crippen molar-refractivity contribution in [2.45, 2.75) is 4.83 Å². The first-order valence-corrected chi connectivity index (χ1v) is 8.26. The van der Waals surface area contributed by atoms with Gasteiger partial charge < -0.3 is 4.42 Å². The van der Waals surface area contributed by atoms with Crippen molar-refractivity contribution in [1.29, 1.82) is 0 Å². The average molecular weight is 462 g/mol. The van der Waals surface area contributed by atoms with E-state index in [4.69, 9.17) is 4.42 Å². The number of H-pyrrole nitrogens is 1. The van der Waals surface area contributed by atoms with E-state index in [9.17, 15) is 4.79 Å². The third-order valence-electron chi connectivity index (χ3n) is 2.92. The second-order valence-electron chi connectivity index (χ2n) is 4.34. The van der Waals surface area contributed by atoms with Crippen LogP contribution in [0.25, 0.3) is 11.1 Å². The van der Waals surface area contributed by atoms with Crippen LogP contribution in [-0.4, -0.2) is 4.98 Å². The highest BCUT2D eigenvalue weighted by Gasteiger charge is 2.13. The topological polar surface area (TPSA) is 46.0 Å². The molecular formula is C14H8Br3NO2. The number of halogens is 3. The molecule has 1 heterocycles. The molecule has 1 aromatic heterocycles. The van der Waals surface area contributed by atoms with Gasteiger partial charge in [0, 0.05) is 8.95 Å². The highest BCUT2D eigenvalue weighted by Crippen LogP contribution is 2.35. The zero-order valence-corrected chi connectivity index (χ0v) is 14.7. The number of nitrogens with one attached hydrogen (secondary N) is 1. The molecule has 0 spiro atoms. The van der Waals surface area contributed by atoms with Crippen LogP contribution in [0.4, 0.5) is 0 Å². The predicted molar refractivity (Wildman–Crippen MR) is 89.4 cm³/mol. The van der Waals surface area contributed by atoms with Crippen molar-refractivity contribution in [3.8, 4) is 0 Å². The van der Waals surface area contributed by atoms with Crippen molar-refractivity contribution in [2.75, 3.05) is 0 Å². The van der Waals surface area contributed by atoms with Gasteiger partial charge >= 0.3 is 5.76 Å². The summed E-state index contributed by atoms with van der Waals surface area (Å²) >= 11 is 10.6. The Balaban J connectivity index is 2.06. The van der Waals surface area contributed by atoms with Crippen molar-refractivity contribution < 1.29 is 4.42 Å². The van der Waals surface area contributed by atoms with Crippen LogP contribution in [-0.2, 0) is 0 Å². The maximum absolute atomic E-state index is 11.2. The van der Waals surface area contributed by atoms with Crippen molar-refractivity contribution in [3.05, 3.63) is 67.0 Å². The Labute approximate surface area is 139 Å². The molecule has 0 saturated carbocycles. The van der Waals surface area contributed by atoms with E-state index in [0.29, 0.717) is 11.1 Å². The minimum absolute atomic E-state index is 0.0147. The SMILES string of the molecule is O=c1[nH]c2ccc(C(Br)c3cc(Br)cc(Br)c3)cc2o1. The normalized spacial score (nSPS) is 12.8. The van der Waals surface area contributed by atoms with Gasteiger partial charge in [-0.05, 0) is 41.5 Å². The van der Waals surface area contributed by atoms with Crippen LogP contribution in [0.3, 0.4) is 0 Å². The van der Waals surface area contributed by atoms with Gasteiger partial charge in [-0.3, -0.25) is 4.98 Å². The predicted octanol–water partition coefficient (Wildman–Crippen LogP) is 5.13. The fraction of sp³-hybridized carbons (Fsp3) is 0.0714. The van der Waals surface area contributed by atoms with Crippen molar-refractivity contribution >= 4 is 58.9 Å². The Morgan fingerprint density at radius 3 is 2.40 bits per heavy atom. The summed E-state index contributed by atoms with van der Waals surface area (Å²) in [6.45, 7) is 0. The third kappa shape index (κ3) is 2.77. The molecule has 3 rings (SSSR count). The Morgan fingerprint density at radius 1 is 1.00 bits per heavy atom. The fourth-order valence-corrected chi connectivity index (χ4v) is 3.91. The Kier molecular flexibility index (Phi) is 3.88. The summed E-state index contributed by atoms with van der Waals surface area (Å²) < 4.78 is 7.09. The molecule has 0 fully saturated rings. The Bertz CT molecular complexity index is 818. The monoisotopic (exact) mass is 459 g/mol. The third-order valence-corrected chi connectivity index (χ3v) is 4.89. The lowest BCUT2D eigenvalue weighted by molar-refractivity contribution is 0.555. The van der Waals surface area contributed by atoms with Crippen molar-refractivity contribution in [1.82, 2.24) is 4.98 Å². The maximum atomic E-state index is 11.2. The van der Waals surface area contributed by atoms with E-state index in [-0.39, 0.29) is 4.83 Å². The number of oxazole rings is 1. The van der Waals surface area contributed by atoms with Crippen LogP contribution in [0.5, 0.6) is 0 Å². The highest BCUT2D eigenvalue weighted by atomic mass is 79.9. The number of hydrogen-bond acceptors (Lipinski definition) is 2. The van der Waals surface area contributed by atoms with Gasteiger partial charge in [0.25, 0.3) is 0 Å². The van der Waals surface area contributed by atoms with Crippen LogP contribution < -0.4 is 5.76 Å². The molecule has 0 saturated heterocycles. The van der Waals surface area contributed by atoms with Gasteiger partial charge in [0.1, 0.15) is 0 Å². The molecular weight excluding hydrogens is 454 g/mol. The zero-order chi connectivity index (χ0) is 14.3. The lowest BCUT2D eigenvalue weighted by Gasteiger charge is -2.11. The number of alkyl halides is 1. The van der Waals surface area contributed by atoms with Gasteiger partial charge in [0.15, 0.2) is 5.58 Å². The van der Waals surface area contributed by atoms with Gasteiger partial charge in [-0.2, -0.15) is 0 Å². The number of hydrogen-bond donors (Lipinski definition) is 1. The Morgan fingerprint density at radius 2 is 1.70 bits per heavy atom. The number of aromatic nitrogens is 1. The molecule has 0 radical (unpaired) electrons. The number of rotatable bonds is 2. The van der Waals surface area contributed by atoms with Gasteiger partial charge in [-0.25, -0.2) is 4.79 Å². The first-order chi connectivity index (χ1) is 9.52. The number of aromatic amines is 1. The molecule has 3 nitrogen and oxygen atoms in total. The maximum Gasteiger partial charge on any atom is 0.417 e. The van der Waals surface area contributed by atoms with Crippen LogP contribution >= 0.6 is 47.8 Å². The molecule has 20 heavy (non-hydrogen) atoms. The molecule has 1 atom stereocenters. The summed E-state index contributed by atoms with van der Waals surface area (Å²) in [6, 6.07) is 11.7. The average Bonchev–Trinajstić information content (AvgIpc) is 2.75. The van der Waals surface area contributed by atoms with Crippen LogP contribution in [0.15, 0.2) is 54.6 Å². The smallest absolute Gasteiger partial charge is 0.408 e. The number of fused-ring (bicyclic) bond motifs is 1. The fourth-order valence-electron chi connectivity index (χ4n) is 2.03. The van der Waals surface area contributed by atoms with Crippen molar-refractivity contribution in [2.24, 2.45) is 0 Å². The number of benzene rings is 2. The van der Waals surface area contributed by atoms with E-state index in [1.54, 1.807) is 0 Å². The van der Waals surface area contributed by atoms with Gasteiger partial charge in [0.05, 0.1) is 10.3 Å². The van der Waals surface area contributed by atoms with Crippen LogP contribution in [0.1, 0.15) is 16.0 Å². The van der Waals surface area contributed by atoms with E-state index in [1.807, 2.05) is 36.4 Å². The molecule has 0 bridgehead atoms. The summed E-state index contributed by atoms with van der Waals surface area (Å²) in [7, 11) is 0. The second-order valence-corrected chi connectivity index (χ2v) is 7.08. The first-order valence-electron chi connectivity index (χ1n) is 5.76. The minimum Gasteiger partial charge on any atom is -0.408 e. The quantitative estimate of drug-likeness (QED) is 0.538. The van der Waals surface area contributed by atoms with Gasteiger partial charge in [-0.15, -0.1) is 0 Å². The summed E-state index contributed by atoms with van der Waals surface area (Å²) in [6.07, 6.45) is 0. The molecule has 102 valence electrons. The van der Waals surface area contributed by atoms with Crippen molar-refractivity contribution in [3.63, 3.8) is 0 Å². The molecule has 0 aliphatic rings. The van der Waals surface area contributed by atoms with E-state index in [0.717, 1.165) is 20.1 Å². The summed E-state index contributed by atoms with van der Waals surface area (Å²) in [5.41, 5.74) is 3.38. The molecule has 6 heteroatoms. The second kappa shape index (κ2) is 5.50. The van der Waals surface area contributed by atoms with E-state index < -0.39 is 5.76 Å². The molecule has 3 aromatic rings. The standard InChI is InChI=1S/C14H8Br3NO2/c15-9-3-8(4-10(16)6-9)13(17)7-1-2-11-12(5-7)20-14(19)18-11/h1-6,13H,(H,18,19). The zero-order valence-electron chi connectivity index (χ0n) is 9.99. The first kappa shape index (κ1) is 14.1.